The molecule has 0 fully saturated rings. The van der Waals surface area contributed by atoms with Crippen LogP contribution in [0, 0.1) is 0 Å². The summed E-state index contributed by atoms with van der Waals surface area (Å²) in [5.41, 5.74) is 3.06. The van der Waals surface area contributed by atoms with Crippen LogP contribution < -0.4 is 14.2 Å². The second-order valence-electron chi connectivity index (χ2n) is 6.54. The summed E-state index contributed by atoms with van der Waals surface area (Å²) >= 11 is 0. The number of rotatable bonds is 10. The zero-order valence-corrected chi connectivity index (χ0v) is 16.6. The van der Waals surface area contributed by atoms with Crippen molar-refractivity contribution in [2.45, 2.75) is 33.3 Å². The fourth-order valence-electron chi connectivity index (χ4n) is 2.77. The minimum Gasteiger partial charge on any atom is -0.493 e. The topological polar surface area (TPSA) is 40.6 Å². The Hall–Kier alpha value is -3.01. The molecule has 3 aromatic rings. The van der Waals surface area contributed by atoms with Crippen LogP contribution in [0.1, 0.15) is 32.3 Å². The molecule has 3 rings (SSSR count). The highest BCUT2D eigenvalue weighted by Crippen LogP contribution is 2.34. The van der Waals surface area contributed by atoms with Crippen molar-refractivity contribution in [1.29, 1.82) is 0 Å². The van der Waals surface area contributed by atoms with Crippen molar-refractivity contribution in [3.8, 4) is 28.4 Å². The molecule has 1 heterocycles. The Labute approximate surface area is 167 Å². The standard InChI is InChI=1S/C24H27NO3/c1-3-12-26-21-10-11-23(24(15-21)27-13-4-2)20-14-22(17-25-16-20)28-18-19-8-6-5-7-9-19/h5-11,14-17H,3-4,12-13,18H2,1-2H3. The molecule has 0 spiro atoms. The van der Waals surface area contributed by atoms with Crippen molar-refractivity contribution in [2.75, 3.05) is 13.2 Å². The maximum absolute atomic E-state index is 5.98. The highest BCUT2D eigenvalue weighted by Gasteiger charge is 2.10. The number of benzene rings is 2. The monoisotopic (exact) mass is 377 g/mol. The maximum atomic E-state index is 5.98. The van der Waals surface area contributed by atoms with E-state index in [2.05, 4.69) is 18.8 Å². The first-order valence-corrected chi connectivity index (χ1v) is 9.82. The highest BCUT2D eigenvalue weighted by atomic mass is 16.5. The quantitative estimate of drug-likeness (QED) is 0.441. The number of ether oxygens (including phenoxy) is 3. The third-order valence-corrected chi connectivity index (χ3v) is 4.16. The Bertz CT molecular complexity index is 865. The summed E-state index contributed by atoms with van der Waals surface area (Å²) in [6.45, 7) is 6.04. The van der Waals surface area contributed by atoms with Crippen molar-refractivity contribution < 1.29 is 14.2 Å². The van der Waals surface area contributed by atoms with E-state index in [9.17, 15) is 0 Å². The van der Waals surface area contributed by atoms with E-state index < -0.39 is 0 Å². The third-order valence-electron chi connectivity index (χ3n) is 4.16. The van der Waals surface area contributed by atoms with Gasteiger partial charge < -0.3 is 14.2 Å². The van der Waals surface area contributed by atoms with Gasteiger partial charge in [-0.25, -0.2) is 0 Å². The lowest BCUT2D eigenvalue weighted by atomic mass is 10.1. The molecule has 28 heavy (non-hydrogen) atoms. The minimum absolute atomic E-state index is 0.509. The van der Waals surface area contributed by atoms with Crippen LogP contribution in [-0.2, 0) is 6.61 Å². The predicted octanol–water partition coefficient (Wildman–Crippen LogP) is 5.91. The zero-order chi connectivity index (χ0) is 19.6. The summed E-state index contributed by atoms with van der Waals surface area (Å²) in [6, 6.07) is 18.0. The Kier molecular flexibility index (Phi) is 7.30. The fourth-order valence-corrected chi connectivity index (χ4v) is 2.77. The van der Waals surface area contributed by atoms with Gasteiger partial charge in [0.1, 0.15) is 23.9 Å². The first-order chi connectivity index (χ1) is 13.8. The average Bonchev–Trinajstić information content (AvgIpc) is 2.76. The molecule has 0 atom stereocenters. The van der Waals surface area contributed by atoms with Crippen LogP contribution in [0.2, 0.25) is 0 Å². The highest BCUT2D eigenvalue weighted by molar-refractivity contribution is 5.71. The lowest BCUT2D eigenvalue weighted by Gasteiger charge is -2.14. The van der Waals surface area contributed by atoms with Crippen molar-refractivity contribution in [3.63, 3.8) is 0 Å². The van der Waals surface area contributed by atoms with E-state index in [-0.39, 0.29) is 0 Å². The number of nitrogens with zero attached hydrogens (tertiary/aromatic N) is 1. The minimum atomic E-state index is 0.509. The largest absolute Gasteiger partial charge is 0.493 e. The van der Waals surface area contributed by atoms with E-state index in [1.807, 2.05) is 60.8 Å². The second kappa shape index (κ2) is 10.4. The lowest BCUT2D eigenvalue weighted by molar-refractivity contribution is 0.302. The molecule has 4 nitrogen and oxygen atoms in total. The molecule has 0 amide bonds. The summed E-state index contributed by atoms with van der Waals surface area (Å²) < 4.78 is 17.7. The molecule has 0 radical (unpaired) electrons. The number of hydrogen-bond donors (Lipinski definition) is 0. The normalized spacial score (nSPS) is 10.5. The molecule has 0 bridgehead atoms. The maximum Gasteiger partial charge on any atom is 0.138 e. The number of pyridine rings is 1. The molecule has 0 aliphatic rings. The average molecular weight is 377 g/mol. The van der Waals surface area contributed by atoms with Crippen molar-refractivity contribution in [1.82, 2.24) is 4.98 Å². The van der Waals surface area contributed by atoms with Crippen LogP contribution in [0.5, 0.6) is 17.2 Å². The van der Waals surface area contributed by atoms with E-state index in [0.29, 0.717) is 19.8 Å². The molecule has 146 valence electrons. The van der Waals surface area contributed by atoms with Gasteiger partial charge in [-0.1, -0.05) is 44.2 Å². The van der Waals surface area contributed by atoms with Gasteiger partial charge in [-0.2, -0.15) is 0 Å². The van der Waals surface area contributed by atoms with E-state index in [1.165, 1.54) is 0 Å². The molecule has 4 heteroatoms. The summed E-state index contributed by atoms with van der Waals surface area (Å²) in [4.78, 5) is 4.35. The first-order valence-electron chi connectivity index (χ1n) is 9.82. The zero-order valence-electron chi connectivity index (χ0n) is 16.6. The van der Waals surface area contributed by atoms with Crippen LogP contribution >= 0.6 is 0 Å². The van der Waals surface area contributed by atoms with Gasteiger partial charge in [0.2, 0.25) is 0 Å². The lowest BCUT2D eigenvalue weighted by Crippen LogP contribution is -2.00. The van der Waals surface area contributed by atoms with Crippen LogP contribution in [0.3, 0.4) is 0 Å². The molecular weight excluding hydrogens is 350 g/mol. The summed E-state index contributed by atoms with van der Waals surface area (Å²) in [7, 11) is 0. The second-order valence-corrected chi connectivity index (χ2v) is 6.54. The molecule has 0 N–H and O–H groups in total. The van der Waals surface area contributed by atoms with E-state index in [4.69, 9.17) is 14.2 Å². The SMILES string of the molecule is CCCOc1ccc(-c2cncc(OCc3ccccc3)c2)c(OCCC)c1. The van der Waals surface area contributed by atoms with E-state index >= 15 is 0 Å². The Morgan fingerprint density at radius 3 is 2.32 bits per heavy atom. The van der Waals surface area contributed by atoms with Gasteiger partial charge in [-0.3, -0.25) is 4.98 Å². The molecule has 0 unspecified atom stereocenters. The Morgan fingerprint density at radius 1 is 0.750 bits per heavy atom. The molecule has 0 saturated heterocycles. The van der Waals surface area contributed by atoms with Crippen LogP contribution in [-0.4, -0.2) is 18.2 Å². The van der Waals surface area contributed by atoms with Gasteiger partial charge in [0.25, 0.3) is 0 Å². The smallest absolute Gasteiger partial charge is 0.138 e. The van der Waals surface area contributed by atoms with E-state index in [1.54, 1.807) is 6.20 Å². The Balaban J connectivity index is 1.81. The fraction of sp³-hybridized carbons (Fsp3) is 0.292. The van der Waals surface area contributed by atoms with Gasteiger partial charge in [-0.15, -0.1) is 0 Å². The summed E-state index contributed by atoms with van der Waals surface area (Å²) in [5, 5.41) is 0. The summed E-state index contributed by atoms with van der Waals surface area (Å²) in [5.74, 6) is 2.35. The predicted molar refractivity (Wildman–Crippen MR) is 112 cm³/mol. The molecule has 2 aromatic carbocycles. The summed E-state index contributed by atoms with van der Waals surface area (Å²) in [6.07, 6.45) is 5.48. The first kappa shape index (κ1) is 19.7. The molecule has 0 aliphatic heterocycles. The van der Waals surface area contributed by atoms with Gasteiger partial charge in [0, 0.05) is 23.4 Å². The van der Waals surface area contributed by atoms with Crippen LogP contribution in [0.15, 0.2) is 67.0 Å². The van der Waals surface area contributed by atoms with Crippen LogP contribution in [0.4, 0.5) is 0 Å². The molecule has 0 aliphatic carbocycles. The third kappa shape index (κ3) is 5.49. The van der Waals surface area contributed by atoms with Crippen molar-refractivity contribution in [3.05, 3.63) is 72.6 Å². The van der Waals surface area contributed by atoms with Crippen LogP contribution in [0.25, 0.3) is 11.1 Å². The molecular formula is C24H27NO3. The van der Waals surface area contributed by atoms with Crippen molar-refractivity contribution >= 4 is 0 Å². The van der Waals surface area contributed by atoms with Gasteiger partial charge >= 0.3 is 0 Å². The van der Waals surface area contributed by atoms with Gasteiger partial charge in [0.05, 0.1) is 19.4 Å². The van der Waals surface area contributed by atoms with Gasteiger partial charge in [-0.05, 0) is 36.6 Å². The van der Waals surface area contributed by atoms with E-state index in [0.717, 1.165) is 46.8 Å². The number of hydrogen-bond acceptors (Lipinski definition) is 4. The van der Waals surface area contributed by atoms with Crippen molar-refractivity contribution in [2.24, 2.45) is 0 Å². The molecule has 0 saturated carbocycles. The van der Waals surface area contributed by atoms with Gasteiger partial charge in [0.15, 0.2) is 0 Å². The number of aromatic nitrogens is 1. The molecule has 1 aromatic heterocycles. The Morgan fingerprint density at radius 2 is 1.54 bits per heavy atom.